The fourth-order valence-electron chi connectivity index (χ4n) is 0.465. The van der Waals surface area contributed by atoms with Crippen LogP contribution in [0.4, 0.5) is 0 Å². The monoisotopic (exact) mass is 132 g/mol. The second kappa shape index (κ2) is 7.03. The maximum absolute atomic E-state index is 5.43. The van der Waals surface area contributed by atoms with E-state index in [1.807, 2.05) is 0 Å². The lowest BCUT2D eigenvalue weighted by molar-refractivity contribution is 0.952. The van der Waals surface area contributed by atoms with Gasteiger partial charge in [0, 0.05) is 5.88 Å². The molecule has 0 unspecified atom stereocenters. The van der Waals surface area contributed by atoms with Gasteiger partial charge in [-0.3, -0.25) is 0 Å². The molecular formula is C7H13Cl. The fraction of sp³-hybridized carbons (Fsp3) is 0.714. The molecular weight excluding hydrogens is 120 g/mol. The van der Waals surface area contributed by atoms with Gasteiger partial charge in [0.2, 0.25) is 0 Å². The van der Waals surface area contributed by atoms with E-state index in [-0.39, 0.29) is 0 Å². The van der Waals surface area contributed by atoms with E-state index >= 15 is 0 Å². The molecule has 0 aliphatic rings. The van der Waals surface area contributed by atoms with Gasteiger partial charge in [0.1, 0.15) is 0 Å². The summed E-state index contributed by atoms with van der Waals surface area (Å²) in [6, 6.07) is 0. The fourth-order valence-corrected chi connectivity index (χ4v) is 0.591. The predicted octanol–water partition coefficient (Wildman–Crippen LogP) is 2.97. The van der Waals surface area contributed by atoms with E-state index in [1.165, 1.54) is 12.8 Å². The smallest absolute Gasteiger partial charge is 0.0257 e. The predicted molar refractivity (Wildman–Crippen MR) is 39.4 cm³/mol. The van der Waals surface area contributed by atoms with Crippen LogP contribution in [0.25, 0.3) is 0 Å². The zero-order chi connectivity index (χ0) is 6.24. The average molecular weight is 133 g/mol. The van der Waals surface area contributed by atoms with Crippen LogP contribution in [0.15, 0.2) is 12.2 Å². The Morgan fingerprint density at radius 1 is 1.25 bits per heavy atom. The van der Waals surface area contributed by atoms with Crippen molar-refractivity contribution >= 4 is 11.6 Å². The number of rotatable bonds is 4. The van der Waals surface area contributed by atoms with Gasteiger partial charge >= 0.3 is 0 Å². The summed E-state index contributed by atoms with van der Waals surface area (Å²) in [4.78, 5) is 0. The molecule has 0 aromatic rings. The van der Waals surface area contributed by atoms with Gasteiger partial charge in [-0.25, -0.2) is 0 Å². The van der Waals surface area contributed by atoms with E-state index in [0.717, 1.165) is 12.3 Å². The number of alkyl halides is 1. The largest absolute Gasteiger partial charge is 0.126 e. The molecule has 0 nitrogen and oxygen atoms in total. The average Bonchev–Trinajstić information content (AvgIpc) is 1.81. The van der Waals surface area contributed by atoms with Gasteiger partial charge in [0.25, 0.3) is 0 Å². The molecule has 0 bridgehead atoms. The molecule has 0 aromatic carbocycles. The van der Waals surface area contributed by atoms with E-state index in [0.29, 0.717) is 0 Å². The number of unbranched alkanes of at least 4 members (excludes halogenated alkanes) is 1. The Labute approximate surface area is 56.5 Å². The molecule has 0 N–H and O–H groups in total. The maximum Gasteiger partial charge on any atom is 0.0257 e. The molecule has 0 fully saturated rings. The highest BCUT2D eigenvalue weighted by Gasteiger charge is 1.73. The zero-order valence-electron chi connectivity index (χ0n) is 5.36. The first-order chi connectivity index (χ1) is 3.91. The van der Waals surface area contributed by atoms with Crippen molar-refractivity contribution in [1.82, 2.24) is 0 Å². The summed E-state index contributed by atoms with van der Waals surface area (Å²) >= 11 is 5.43. The van der Waals surface area contributed by atoms with Crippen molar-refractivity contribution in [2.24, 2.45) is 0 Å². The minimum Gasteiger partial charge on any atom is -0.126 e. The summed E-state index contributed by atoms with van der Waals surface area (Å²) in [7, 11) is 0. The highest BCUT2D eigenvalue weighted by molar-refractivity contribution is 6.17. The molecule has 0 radical (unpaired) electrons. The van der Waals surface area contributed by atoms with Crippen LogP contribution in [-0.4, -0.2) is 5.88 Å². The van der Waals surface area contributed by atoms with Crippen LogP contribution in [0.3, 0.4) is 0 Å². The van der Waals surface area contributed by atoms with Crippen LogP contribution in [0.2, 0.25) is 0 Å². The molecule has 0 amide bonds. The van der Waals surface area contributed by atoms with Crippen molar-refractivity contribution in [2.75, 3.05) is 5.88 Å². The normalized spacial score (nSPS) is 10.8. The van der Waals surface area contributed by atoms with Crippen molar-refractivity contribution in [3.8, 4) is 0 Å². The standard InChI is InChI=1S/C7H13Cl/c1-2-3-4-5-6-7-8/h4-5H,2-3,6-7H2,1H3/b5-4+. The van der Waals surface area contributed by atoms with Gasteiger partial charge in [0.15, 0.2) is 0 Å². The number of hydrogen-bond donors (Lipinski definition) is 0. The summed E-state index contributed by atoms with van der Waals surface area (Å²) < 4.78 is 0. The van der Waals surface area contributed by atoms with E-state index in [4.69, 9.17) is 11.6 Å². The molecule has 0 aliphatic heterocycles. The lowest BCUT2D eigenvalue weighted by atomic mass is 10.3. The Hall–Kier alpha value is 0.0300. The number of allylic oxidation sites excluding steroid dienone is 2. The second-order valence-corrected chi connectivity index (χ2v) is 2.12. The van der Waals surface area contributed by atoms with Crippen LogP contribution in [0.5, 0.6) is 0 Å². The Bertz CT molecular complexity index is 49.4. The van der Waals surface area contributed by atoms with Crippen molar-refractivity contribution in [2.45, 2.75) is 26.2 Å². The molecule has 0 saturated heterocycles. The minimum absolute atomic E-state index is 0.750. The van der Waals surface area contributed by atoms with E-state index in [9.17, 15) is 0 Å². The topological polar surface area (TPSA) is 0 Å². The summed E-state index contributed by atoms with van der Waals surface area (Å²) in [6.45, 7) is 2.17. The van der Waals surface area contributed by atoms with Gasteiger partial charge in [-0.1, -0.05) is 25.5 Å². The Morgan fingerprint density at radius 2 is 1.88 bits per heavy atom. The third kappa shape index (κ3) is 6.03. The number of halogens is 1. The SMILES string of the molecule is CCC/C=C/CCCl. The third-order valence-corrected chi connectivity index (χ3v) is 1.12. The molecule has 48 valence electrons. The van der Waals surface area contributed by atoms with Crippen LogP contribution in [0.1, 0.15) is 26.2 Å². The van der Waals surface area contributed by atoms with Gasteiger partial charge in [0.05, 0.1) is 0 Å². The maximum atomic E-state index is 5.43. The summed E-state index contributed by atoms with van der Waals surface area (Å²) in [6.07, 6.45) is 7.76. The van der Waals surface area contributed by atoms with Gasteiger partial charge in [-0.2, -0.15) is 0 Å². The van der Waals surface area contributed by atoms with Gasteiger partial charge in [-0.05, 0) is 12.8 Å². The van der Waals surface area contributed by atoms with Crippen molar-refractivity contribution < 1.29 is 0 Å². The highest BCUT2D eigenvalue weighted by Crippen LogP contribution is 1.91. The molecule has 8 heavy (non-hydrogen) atoms. The van der Waals surface area contributed by atoms with Crippen LogP contribution in [0, 0.1) is 0 Å². The lowest BCUT2D eigenvalue weighted by Gasteiger charge is -1.82. The highest BCUT2D eigenvalue weighted by atomic mass is 35.5. The van der Waals surface area contributed by atoms with Crippen LogP contribution in [-0.2, 0) is 0 Å². The zero-order valence-corrected chi connectivity index (χ0v) is 6.12. The quantitative estimate of drug-likeness (QED) is 0.408. The molecule has 0 aromatic heterocycles. The Morgan fingerprint density at radius 3 is 2.38 bits per heavy atom. The third-order valence-electron chi connectivity index (χ3n) is 0.898. The molecule has 0 heterocycles. The van der Waals surface area contributed by atoms with Crippen LogP contribution >= 0.6 is 11.6 Å². The first-order valence-corrected chi connectivity index (χ1v) is 3.66. The molecule has 0 rings (SSSR count). The van der Waals surface area contributed by atoms with E-state index in [2.05, 4.69) is 19.1 Å². The van der Waals surface area contributed by atoms with E-state index in [1.54, 1.807) is 0 Å². The number of hydrogen-bond acceptors (Lipinski definition) is 0. The summed E-state index contributed by atoms with van der Waals surface area (Å²) in [5, 5.41) is 0. The summed E-state index contributed by atoms with van der Waals surface area (Å²) in [5.41, 5.74) is 0. The first kappa shape index (κ1) is 8.03. The Kier molecular flexibility index (Phi) is 7.06. The van der Waals surface area contributed by atoms with Crippen molar-refractivity contribution in [1.29, 1.82) is 0 Å². The molecule has 0 atom stereocenters. The molecule has 0 saturated carbocycles. The summed E-state index contributed by atoms with van der Waals surface area (Å²) in [5.74, 6) is 0.750. The minimum atomic E-state index is 0.750. The van der Waals surface area contributed by atoms with Gasteiger partial charge < -0.3 is 0 Å². The Balaban J connectivity index is 2.83. The lowest BCUT2D eigenvalue weighted by Crippen LogP contribution is -1.66. The van der Waals surface area contributed by atoms with Crippen molar-refractivity contribution in [3.05, 3.63) is 12.2 Å². The van der Waals surface area contributed by atoms with Crippen molar-refractivity contribution in [3.63, 3.8) is 0 Å². The van der Waals surface area contributed by atoms with E-state index < -0.39 is 0 Å². The van der Waals surface area contributed by atoms with Crippen LogP contribution < -0.4 is 0 Å². The van der Waals surface area contributed by atoms with Gasteiger partial charge in [-0.15, -0.1) is 11.6 Å². The second-order valence-electron chi connectivity index (χ2n) is 1.74. The molecule has 0 spiro atoms. The first-order valence-electron chi connectivity index (χ1n) is 3.12. The molecule has 1 heteroatoms. The molecule has 0 aliphatic carbocycles.